The first-order chi connectivity index (χ1) is 11.6. The molecule has 0 radical (unpaired) electrons. The Kier molecular flexibility index (Phi) is 6.24. The number of hydrogen-bond acceptors (Lipinski definition) is 3. The van der Waals surface area contributed by atoms with Gasteiger partial charge in [-0.05, 0) is 31.5 Å². The molecule has 0 aliphatic carbocycles. The van der Waals surface area contributed by atoms with Gasteiger partial charge in [0.25, 0.3) is 5.91 Å². The molecule has 1 aromatic rings. The van der Waals surface area contributed by atoms with Crippen molar-refractivity contribution in [2.45, 2.75) is 38.1 Å². The topological polar surface area (TPSA) is 70.9 Å². The van der Waals surface area contributed by atoms with Gasteiger partial charge < -0.3 is 10.2 Å². The van der Waals surface area contributed by atoms with Crippen LogP contribution in [0.5, 0.6) is 0 Å². The van der Waals surface area contributed by atoms with Gasteiger partial charge in [-0.25, -0.2) is 12.7 Å². The Morgan fingerprint density at radius 3 is 2.40 bits per heavy atom. The van der Waals surface area contributed by atoms with E-state index in [2.05, 4.69) is 19.2 Å². The Labute approximate surface area is 151 Å². The van der Waals surface area contributed by atoms with Gasteiger partial charge in [-0.3, -0.25) is 4.79 Å². The number of likely N-dealkylation sites (tertiary alicyclic amines) is 1. The third-order valence-electron chi connectivity index (χ3n) is 4.91. The molecule has 140 valence electrons. The second-order valence-corrected chi connectivity index (χ2v) is 9.69. The minimum absolute atomic E-state index is 0.0734. The molecule has 1 heterocycles. The van der Waals surface area contributed by atoms with E-state index in [9.17, 15) is 13.2 Å². The highest BCUT2D eigenvalue weighted by Crippen LogP contribution is 2.18. The number of carbonyl (C=O) groups excluding carboxylic acids is 1. The highest BCUT2D eigenvalue weighted by atomic mass is 32.2. The monoisotopic (exact) mass is 368 g/mol. The second kappa shape index (κ2) is 7.85. The maximum absolute atomic E-state index is 12.6. The van der Waals surface area contributed by atoms with E-state index in [1.165, 1.54) is 37.5 Å². The third-order valence-corrected chi connectivity index (χ3v) is 6.72. The number of benzene rings is 1. The standard InChI is InChI=1S/C18H29N3O3S/c1-13-9-14(2)12-21(11-13)15(3)18(22)19-16-7-6-8-17(10-16)25(23,24)20(4)5/h6-8,10,13-15H,9,11-12H2,1-5H3,(H,19,22)/p+1/t13-,14-,15-/m0/s1. The fraction of sp³-hybridized carbons (Fsp3) is 0.611. The molecule has 2 rings (SSSR count). The van der Waals surface area contributed by atoms with Crippen molar-refractivity contribution in [1.29, 1.82) is 0 Å². The van der Waals surface area contributed by atoms with Crippen molar-refractivity contribution in [3.05, 3.63) is 24.3 Å². The molecule has 1 aliphatic heterocycles. The number of nitrogens with zero attached hydrogens (tertiary/aromatic N) is 1. The molecule has 6 nitrogen and oxygen atoms in total. The van der Waals surface area contributed by atoms with Gasteiger partial charge in [-0.1, -0.05) is 19.9 Å². The molecule has 2 N–H and O–H groups in total. The Hall–Kier alpha value is -1.44. The van der Waals surface area contributed by atoms with Crippen molar-refractivity contribution in [3.63, 3.8) is 0 Å². The largest absolute Gasteiger partial charge is 0.324 e. The zero-order valence-electron chi connectivity index (χ0n) is 15.7. The van der Waals surface area contributed by atoms with Crippen molar-refractivity contribution in [1.82, 2.24) is 4.31 Å². The number of hydrogen-bond donors (Lipinski definition) is 2. The van der Waals surface area contributed by atoms with Crippen LogP contribution in [0.15, 0.2) is 29.2 Å². The number of quaternary nitrogens is 1. The average molecular weight is 369 g/mol. The van der Waals surface area contributed by atoms with Crippen LogP contribution < -0.4 is 10.2 Å². The quantitative estimate of drug-likeness (QED) is 0.809. The molecule has 25 heavy (non-hydrogen) atoms. The van der Waals surface area contributed by atoms with Crippen LogP contribution in [-0.2, 0) is 14.8 Å². The molecular formula is C18H30N3O3S+. The minimum Gasteiger partial charge on any atom is -0.324 e. The lowest BCUT2D eigenvalue weighted by molar-refractivity contribution is -0.925. The van der Waals surface area contributed by atoms with Crippen LogP contribution in [0.1, 0.15) is 27.2 Å². The molecule has 0 aromatic heterocycles. The van der Waals surface area contributed by atoms with Crippen LogP contribution in [0.3, 0.4) is 0 Å². The lowest BCUT2D eigenvalue weighted by atomic mass is 9.91. The molecule has 0 saturated carbocycles. The summed E-state index contributed by atoms with van der Waals surface area (Å²) in [6.07, 6.45) is 1.21. The van der Waals surface area contributed by atoms with Crippen LogP contribution in [0.2, 0.25) is 0 Å². The summed E-state index contributed by atoms with van der Waals surface area (Å²) < 4.78 is 25.6. The Morgan fingerprint density at radius 1 is 1.24 bits per heavy atom. The van der Waals surface area contributed by atoms with E-state index in [4.69, 9.17) is 0 Å². The van der Waals surface area contributed by atoms with Gasteiger partial charge in [0.15, 0.2) is 6.04 Å². The van der Waals surface area contributed by atoms with E-state index >= 15 is 0 Å². The van der Waals surface area contributed by atoms with Gasteiger partial charge in [0.2, 0.25) is 10.0 Å². The first-order valence-corrected chi connectivity index (χ1v) is 10.2. The summed E-state index contributed by atoms with van der Waals surface area (Å²) >= 11 is 0. The molecule has 0 spiro atoms. The first-order valence-electron chi connectivity index (χ1n) is 8.79. The number of piperidine rings is 1. The molecule has 3 atom stereocenters. The van der Waals surface area contributed by atoms with Gasteiger partial charge in [-0.2, -0.15) is 0 Å². The van der Waals surface area contributed by atoms with Crippen molar-refractivity contribution in [2.75, 3.05) is 32.5 Å². The molecule has 7 heteroatoms. The molecule has 0 unspecified atom stereocenters. The van der Waals surface area contributed by atoms with E-state index in [-0.39, 0.29) is 16.8 Å². The lowest BCUT2D eigenvalue weighted by Crippen LogP contribution is -3.18. The maximum atomic E-state index is 12.6. The van der Waals surface area contributed by atoms with E-state index < -0.39 is 10.0 Å². The number of amides is 1. The molecule has 1 aromatic carbocycles. The van der Waals surface area contributed by atoms with Gasteiger partial charge in [-0.15, -0.1) is 0 Å². The molecular weight excluding hydrogens is 338 g/mol. The third kappa shape index (κ3) is 4.80. The number of carbonyl (C=O) groups is 1. The second-order valence-electron chi connectivity index (χ2n) is 7.54. The average Bonchev–Trinajstić information content (AvgIpc) is 2.53. The van der Waals surface area contributed by atoms with E-state index in [1.54, 1.807) is 12.1 Å². The highest BCUT2D eigenvalue weighted by Gasteiger charge is 2.32. The summed E-state index contributed by atoms with van der Waals surface area (Å²) in [5.41, 5.74) is 0.511. The zero-order chi connectivity index (χ0) is 18.8. The Morgan fingerprint density at radius 2 is 1.84 bits per heavy atom. The maximum Gasteiger partial charge on any atom is 0.282 e. The normalized spacial score (nSPS) is 25.6. The van der Waals surface area contributed by atoms with Crippen LogP contribution in [0.25, 0.3) is 0 Å². The van der Waals surface area contributed by atoms with E-state index in [0.717, 1.165) is 17.4 Å². The number of nitrogens with one attached hydrogen (secondary N) is 2. The van der Waals surface area contributed by atoms with E-state index in [1.807, 2.05) is 6.92 Å². The fourth-order valence-corrected chi connectivity index (χ4v) is 4.51. The lowest BCUT2D eigenvalue weighted by Gasteiger charge is -2.35. The van der Waals surface area contributed by atoms with Crippen molar-refractivity contribution in [2.24, 2.45) is 11.8 Å². The van der Waals surface area contributed by atoms with Crippen molar-refractivity contribution >= 4 is 21.6 Å². The number of sulfonamides is 1. The zero-order valence-corrected chi connectivity index (χ0v) is 16.6. The molecule has 1 saturated heterocycles. The molecule has 1 amide bonds. The Balaban J connectivity index is 2.10. The smallest absolute Gasteiger partial charge is 0.282 e. The summed E-state index contributed by atoms with van der Waals surface area (Å²) in [6, 6.07) is 6.24. The summed E-state index contributed by atoms with van der Waals surface area (Å²) in [4.78, 5) is 14.1. The molecule has 0 bridgehead atoms. The van der Waals surface area contributed by atoms with Crippen LogP contribution in [0.4, 0.5) is 5.69 Å². The Bertz CT molecular complexity index is 708. The van der Waals surface area contributed by atoms with Gasteiger partial charge in [0, 0.05) is 31.6 Å². The summed E-state index contributed by atoms with van der Waals surface area (Å²) in [7, 11) is -0.532. The predicted molar refractivity (Wildman–Crippen MR) is 99.0 cm³/mol. The van der Waals surface area contributed by atoms with Gasteiger partial charge in [0.1, 0.15) is 0 Å². The van der Waals surface area contributed by atoms with Crippen LogP contribution >= 0.6 is 0 Å². The van der Waals surface area contributed by atoms with E-state index in [0.29, 0.717) is 17.5 Å². The highest BCUT2D eigenvalue weighted by molar-refractivity contribution is 7.89. The summed E-state index contributed by atoms with van der Waals surface area (Å²) in [5, 5.41) is 2.88. The van der Waals surface area contributed by atoms with Gasteiger partial charge >= 0.3 is 0 Å². The van der Waals surface area contributed by atoms with Crippen molar-refractivity contribution < 1.29 is 18.1 Å². The number of anilines is 1. The van der Waals surface area contributed by atoms with Gasteiger partial charge in [0.05, 0.1) is 18.0 Å². The fourth-order valence-electron chi connectivity index (χ4n) is 3.57. The molecule has 1 aliphatic rings. The number of rotatable bonds is 5. The van der Waals surface area contributed by atoms with Crippen LogP contribution in [0, 0.1) is 11.8 Å². The summed E-state index contributed by atoms with van der Waals surface area (Å²) in [5.74, 6) is 1.15. The predicted octanol–water partition coefficient (Wildman–Crippen LogP) is 0.825. The minimum atomic E-state index is -3.51. The SMILES string of the molecule is C[C@H]1C[C@H](C)C[NH+]([C@@H](C)C(=O)Nc2cccc(S(=O)(=O)N(C)C)c2)C1. The van der Waals surface area contributed by atoms with Crippen LogP contribution in [-0.4, -0.2) is 51.9 Å². The first kappa shape index (κ1) is 19.9. The summed E-state index contributed by atoms with van der Waals surface area (Å²) in [6.45, 7) is 8.39. The molecule has 1 fully saturated rings. The van der Waals surface area contributed by atoms with Crippen molar-refractivity contribution in [3.8, 4) is 0 Å².